The van der Waals surface area contributed by atoms with Crippen molar-refractivity contribution in [2.75, 3.05) is 32.0 Å². The van der Waals surface area contributed by atoms with Gasteiger partial charge in [0.2, 0.25) is 5.91 Å². The van der Waals surface area contributed by atoms with Gasteiger partial charge in [0.1, 0.15) is 6.04 Å². The number of halogens is 1. The molecule has 4 N–H and O–H groups in total. The lowest BCUT2D eigenvalue weighted by atomic mass is 9.98. The minimum atomic E-state index is -0.677. The van der Waals surface area contributed by atoms with Gasteiger partial charge < -0.3 is 26.0 Å². The van der Waals surface area contributed by atoms with Crippen LogP contribution in [-0.2, 0) is 28.8 Å². The topological polar surface area (TPSA) is 96.7 Å². The van der Waals surface area contributed by atoms with Crippen LogP contribution in [0.2, 0.25) is 0 Å². The average molecular weight is 551 g/mol. The molecule has 1 aliphatic heterocycles. The molecule has 1 fully saturated rings. The van der Waals surface area contributed by atoms with E-state index in [1.165, 1.54) is 11.1 Å². The number of urea groups is 1. The number of nitrogens with one attached hydrogen (secondary N) is 2. The van der Waals surface area contributed by atoms with Crippen molar-refractivity contribution in [3.63, 3.8) is 0 Å². The smallest absolute Gasteiger partial charge is 0.318 e. The van der Waals surface area contributed by atoms with Gasteiger partial charge in [0.15, 0.2) is 0 Å². The van der Waals surface area contributed by atoms with E-state index in [0.29, 0.717) is 32.7 Å². The Bertz CT molecular complexity index is 1140. The number of amides is 3. The molecule has 0 aromatic heterocycles. The van der Waals surface area contributed by atoms with Crippen molar-refractivity contribution in [1.82, 2.24) is 15.5 Å². The van der Waals surface area contributed by atoms with E-state index in [1.54, 1.807) is 4.90 Å². The van der Waals surface area contributed by atoms with E-state index in [1.807, 2.05) is 72.8 Å². The van der Waals surface area contributed by atoms with E-state index in [2.05, 4.69) is 22.8 Å². The first-order valence-electron chi connectivity index (χ1n) is 13.4. The van der Waals surface area contributed by atoms with Gasteiger partial charge in [-0.2, -0.15) is 0 Å². The number of aryl methyl sites for hydroxylation is 2. The maximum absolute atomic E-state index is 13.7. The first-order chi connectivity index (χ1) is 18.6. The molecule has 0 aliphatic carbocycles. The number of carbonyl (C=O) groups is 2. The van der Waals surface area contributed by atoms with E-state index in [-0.39, 0.29) is 30.4 Å². The van der Waals surface area contributed by atoms with Crippen molar-refractivity contribution in [2.24, 2.45) is 0 Å². The number of rotatable bonds is 11. The first kappa shape index (κ1) is 30.0. The largest absolute Gasteiger partial charge is 0.399 e. The van der Waals surface area contributed by atoms with Gasteiger partial charge >= 0.3 is 6.03 Å². The lowest BCUT2D eigenvalue weighted by Gasteiger charge is -2.30. The number of benzene rings is 3. The molecule has 0 bridgehead atoms. The second kappa shape index (κ2) is 15.8. The zero-order valence-electron chi connectivity index (χ0n) is 22.3. The van der Waals surface area contributed by atoms with Crippen LogP contribution in [0, 0.1) is 0 Å². The van der Waals surface area contributed by atoms with Gasteiger partial charge in [0, 0.05) is 31.2 Å². The number of nitrogens with two attached hydrogens (primary N) is 1. The van der Waals surface area contributed by atoms with Crippen LogP contribution in [0.15, 0.2) is 84.9 Å². The van der Waals surface area contributed by atoms with Gasteiger partial charge in [0.25, 0.3) is 0 Å². The highest BCUT2D eigenvalue weighted by Crippen LogP contribution is 2.14. The molecule has 39 heavy (non-hydrogen) atoms. The summed E-state index contributed by atoms with van der Waals surface area (Å²) in [4.78, 5) is 28.4. The normalized spacial score (nSPS) is 14.5. The number of nitrogen functional groups attached to an aromatic ring is 1. The van der Waals surface area contributed by atoms with Crippen LogP contribution in [0.1, 0.15) is 29.5 Å². The average Bonchev–Trinajstić information content (AvgIpc) is 2.96. The summed E-state index contributed by atoms with van der Waals surface area (Å²) in [6, 6.07) is 27.0. The summed E-state index contributed by atoms with van der Waals surface area (Å²) in [5.41, 5.74) is 10.0. The van der Waals surface area contributed by atoms with Crippen LogP contribution in [0.25, 0.3) is 0 Å². The van der Waals surface area contributed by atoms with E-state index in [4.69, 9.17) is 10.5 Å². The molecule has 1 aliphatic rings. The minimum absolute atomic E-state index is 0. The quantitative estimate of drug-likeness (QED) is 0.308. The van der Waals surface area contributed by atoms with E-state index < -0.39 is 6.04 Å². The summed E-state index contributed by atoms with van der Waals surface area (Å²) in [6.45, 7) is 2.06. The number of ether oxygens (including phenoxy) is 1. The highest BCUT2D eigenvalue weighted by molar-refractivity contribution is 5.87. The Morgan fingerprint density at radius 2 is 1.31 bits per heavy atom. The molecule has 7 nitrogen and oxygen atoms in total. The van der Waals surface area contributed by atoms with Gasteiger partial charge in [-0.05, 0) is 54.5 Å². The van der Waals surface area contributed by atoms with Crippen molar-refractivity contribution in [3.8, 4) is 0 Å². The number of hydrogen-bond donors (Lipinski definition) is 3. The van der Waals surface area contributed by atoms with Crippen LogP contribution in [0.4, 0.5) is 10.5 Å². The Hall–Kier alpha value is -3.55. The highest BCUT2D eigenvalue weighted by atomic mass is 35.5. The SMILES string of the molecule is Cl.Nc1ccc(CC[C@H](CCc2ccccc2)NC(=O)[C@H](Cc2ccccc2)NC(=O)N2CCOCC2)cc1. The summed E-state index contributed by atoms with van der Waals surface area (Å²) in [5, 5.41) is 6.28. The van der Waals surface area contributed by atoms with Crippen molar-refractivity contribution in [2.45, 2.75) is 44.2 Å². The molecule has 3 amide bonds. The summed E-state index contributed by atoms with van der Waals surface area (Å²) in [6.07, 6.45) is 3.70. The van der Waals surface area contributed by atoms with Crippen molar-refractivity contribution >= 4 is 30.0 Å². The summed E-state index contributed by atoms with van der Waals surface area (Å²) in [5.74, 6) is -0.161. The fraction of sp³-hybridized carbons (Fsp3) is 0.355. The number of morpholine rings is 1. The standard InChI is InChI=1S/C31H38N4O3.ClH/c32-27-15-11-25(12-16-27)14-18-28(17-13-24-7-3-1-4-8-24)33-30(36)29(23-26-9-5-2-6-10-26)34-31(37)35-19-21-38-22-20-35;/h1-12,15-16,28-29H,13-14,17-23,32H2,(H,33,36)(H,34,37);1H/t28-,29-;/m0./s1. The summed E-state index contributed by atoms with van der Waals surface area (Å²) >= 11 is 0. The zero-order valence-corrected chi connectivity index (χ0v) is 23.1. The Morgan fingerprint density at radius 3 is 1.90 bits per heavy atom. The second-order valence-corrected chi connectivity index (χ2v) is 9.80. The van der Waals surface area contributed by atoms with Crippen LogP contribution < -0.4 is 16.4 Å². The molecule has 0 radical (unpaired) electrons. The lowest BCUT2D eigenvalue weighted by molar-refractivity contribution is -0.123. The maximum Gasteiger partial charge on any atom is 0.318 e. The van der Waals surface area contributed by atoms with Crippen molar-refractivity contribution in [1.29, 1.82) is 0 Å². The second-order valence-electron chi connectivity index (χ2n) is 9.80. The molecule has 3 aromatic carbocycles. The highest BCUT2D eigenvalue weighted by Gasteiger charge is 2.26. The molecule has 2 atom stereocenters. The van der Waals surface area contributed by atoms with Gasteiger partial charge in [-0.15, -0.1) is 12.4 Å². The molecule has 0 unspecified atom stereocenters. The number of carbonyl (C=O) groups excluding carboxylic acids is 2. The molecule has 3 aromatic rings. The number of anilines is 1. The van der Waals surface area contributed by atoms with Crippen LogP contribution in [-0.4, -0.2) is 55.2 Å². The third-order valence-corrected chi connectivity index (χ3v) is 6.93. The molecule has 208 valence electrons. The molecule has 0 saturated carbocycles. The van der Waals surface area contributed by atoms with Crippen molar-refractivity contribution in [3.05, 3.63) is 102 Å². The molecule has 1 saturated heterocycles. The summed E-state index contributed by atoms with van der Waals surface area (Å²) < 4.78 is 5.38. The van der Waals surface area contributed by atoms with E-state index in [0.717, 1.165) is 36.9 Å². The van der Waals surface area contributed by atoms with Gasteiger partial charge in [-0.1, -0.05) is 72.8 Å². The predicted octanol–water partition coefficient (Wildman–Crippen LogP) is 4.39. The van der Waals surface area contributed by atoms with Crippen LogP contribution in [0.5, 0.6) is 0 Å². The van der Waals surface area contributed by atoms with Crippen LogP contribution >= 0.6 is 12.4 Å². The summed E-state index contributed by atoms with van der Waals surface area (Å²) in [7, 11) is 0. The Labute approximate surface area is 237 Å². The molecular formula is C31H39ClN4O3. The van der Waals surface area contributed by atoms with Gasteiger partial charge in [-0.25, -0.2) is 4.79 Å². The molecule has 8 heteroatoms. The van der Waals surface area contributed by atoms with E-state index in [9.17, 15) is 9.59 Å². The first-order valence-corrected chi connectivity index (χ1v) is 13.4. The van der Waals surface area contributed by atoms with Crippen LogP contribution in [0.3, 0.4) is 0 Å². The molecule has 1 heterocycles. The fourth-order valence-electron chi connectivity index (χ4n) is 4.67. The molecule has 4 rings (SSSR count). The predicted molar refractivity (Wildman–Crippen MR) is 158 cm³/mol. The third kappa shape index (κ3) is 9.93. The van der Waals surface area contributed by atoms with Crippen molar-refractivity contribution < 1.29 is 14.3 Å². The Balaban J connectivity index is 0.00000420. The monoisotopic (exact) mass is 550 g/mol. The minimum Gasteiger partial charge on any atom is -0.399 e. The molecular weight excluding hydrogens is 512 g/mol. The lowest BCUT2D eigenvalue weighted by Crippen LogP contribution is -2.55. The number of nitrogens with zero attached hydrogens (tertiary/aromatic N) is 1. The van der Waals surface area contributed by atoms with Gasteiger partial charge in [-0.3, -0.25) is 4.79 Å². The molecule has 0 spiro atoms. The van der Waals surface area contributed by atoms with E-state index >= 15 is 0 Å². The maximum atomic E-state index is 13.7. The Morgan fingerprint density at radius 1 is 0.769 bits per heavy atom. The van der Waals surface area contributed by atoms with Gasteiger partial charge in [0.05, 0.1) is 13.2 Å². The Kier molecular flexibility index (Phi) is 12.1. The number of hydrogen-bond acceptors (Lipinski definition) is 4. The third-order valence-electron chi connectivity index (χ3n) is 6.93. The fourth-order valence-corrected chi connectivity index (χ4v) is 4.67. The zero-order chi connectivity index (χ0) is 26.6.